The van der Waals surface area contributed by atoms with Gasteiger partial charge >= 0.3 is 5.97 Å². The van der Waals surface area contributed by atoms with Crippen molar-refractivity contribution in [2.75, 3.05) is 37.4 Å². The first-order chi connectivity index (χ1) is 17.0. The van der Waals surface area contributed by atoms with Crippen molar-refractivity contribution in [1.82, 2.24) is 4.90 Å². The highest BCUT2D eigenvalue weighted by molar-refractivity contribution is 6.37. The Bertz CT molecular complexity index is 1230. The van der Waals surface area contributed by atoms with E-state index < -0.39 is 5.97 Å². The standard InChI is InChI=1S/C29H31N3O3/c1-4-32(5-2)18-17-20-11-14-23(15-12-20)30-27(21-9-7-6-8-10-21)26-24-16-13-22(29(34)35-3)19-25(24)31-28(26)33/h6-16,19,30H,4-5,17-18H2,1-3H3,(H,31,33). The minimum absolute atomic E-state index is 0.218. The Morgan fingerprint density at radius 3 is 2.31 bits per heavy atom. The average Bonchev–Trinajstić information content (AvgIpc) is 3.23. The van der Waals surface area contributed by atoms with Gasteiger partial charge in [0.15, 0.2) is 0 Å². The fraction of sp³-hybridized carbons (Fsp3) is 0.241. The van der Waals surface area contributed by atoms with Gasteiger partial charge in [-0.05, 0) is 54.9 Å². The van der Waals surface area contributed by atoms with Gasteiger partial charge in [0.2, 0.25) is 0 Å². The number of carbonyl (C=O) groups is 2. The van der Waals surface area contributed by atoms with Crippen molar-refractivity contribution in [2.45, 2.75) is 20.3 Å². The van der Waals surface area contributed by atoms with E-state index in [9.17, 15) is 9.59 Å². The van der Waals surface area contributed by atoms with E-state index >= 15 is 0 Å². The van der Waals surface area contributed by atoms with E-state index in [0.717, 1.165) is 42.9 Å². The van der Waals surface area contributed by atoms with Crippen molar-refractivity contribution < 1.29 is 14.3 Å². The second-order valence-corrected chi connectivity index (χ2v) is 8.42. The topological polar surface area (TPSA) is 70.7 Å². The molecule has 1 heterocycles. The van der Waals surface area contributed by atoms with E-state index in [-0.39, 0.29) is 5.91 Å². The fourth-order valence-electron chi connectivity index (χ4n) is 4.28. The Morgan fingerprint density at radius 1 is 0.943 bits per heavy atom. The van der Waals surface area contributed by atoms with Crippen molar-refractivity contribution in [3.63, 3.8) is 0 Å². The molecule has 1 amide bonds. The van der Waals surface area contributed by atoms with Crippen LogP contribution in [0.25, 0.3) is 11.3 Å². The Labute approximate surface area is 206 Å². The molecule has 0 fully saturated rings. The van der Waals surface area contributed by atoms with Gasteiger partial charge in [0, 0.05) is 17.8 Å². The van der Waals surface area contributed by atoms with Crippen LogP contribution in [-0.4, -0.2) is 43.5 Å². The average molecular weight is 470 g/mol. The minimum atomic E-state index is -0.443. The van der Waals surface area contributed by atoms with E-state index in [1.54, 1.807) is 18.2 Å². The molecule has 180 valence electrons. The second kappa shape index (κ2) is 11.0. The Morgan fingerprint density at radius 2 is 1.66 bits per heavy atom. The van der Waals surface area contributed by atoms with Crippen molar-refractivity contribution in [1.29, 1.82) is 0 Å². The first-order valence-electron chi connectivity index (χ1n) is 12.0. The van der Waals surface area contributed by atoms with E-state index in [4.69, 9.17) is 4.74 Å². The number of anilines is 2. The van der Waals surface area contributed by atoms with Crippen LogP contribution in [0.5, 0.6) is 0 Å². The molecular formula is C29H31N3O3. The quantitative estimate of drug-likeness (QED) is 0.329. The maximum atomic E-state index is 13.1. The number of fused-ring (bicyclic) bond motifs is 1. The van der Waals surface area contributed by atoms with Crippen LogP contribution in [0.1, 0.15) is 40.9 Å². The summed E-state index contributed by atoms with van der Waals surface area (Å²) in [5, 5.41) is 6.39. The summed E-state index contributed by atoms with van der Waals surface area (Å²) in [6.07, 6.45) is 0.993. The molecule has 0 saturated carbocycles. The predicted molar refractivity (Wildman–Crippen MR) is 141 cm³/mol. The molecular weight excluding hydrogens is 438 g/mol. The van der Waals surface area contributed by atoms with Gasteiger partial charge in [-0.1, -0.05) is 62.4 Å². The highest BCUT2D eigenvalue weighted by atomic mass is 16.5. The monoisotopic (exact) mass is 469 g/mol. The number of nitrogens with one attached hydrogen (secondary N) is 2. The number of benzene rings is 3. The maximum Gasteiger partial charge on any atom is 0.337 e. The van der Waals surface area contributed by atoms with Gasteiger partial charge in [-0.25, -0.2) is 4.79 Å². The third-order valence-electron chi connectivity index (χ3n) is 6.33. The fourth-order valence-corrected chi connectivity index (χ4v) is 4.28. The number of nitrogens with zero attached hydrogens (tertiary/aromatic N) is 1. The molecule has 3 aromatic rings. The summed E-state index contributed by atoms with van der Waals surface area (Å²) in [5.74, 6) is -0.661. The Kier molecular flexibility index (Phi) is 7.63. The van der Waals surface area contributed by atoms with Gasteiger partial charge in [-0.2, -0.15) is 0 Å². The number of likely N-dealkylation sites (N-methyl/N-ethyl adjacent to an activating group) is 1. The number of hydrogen-bond donors (Lipinski definition) is 2. The summed E-state index contributed by atoms with van der Waals surface area (Å²) >= 11 is 0. The minimum Gasteiger partial charge on any atom is -0.465 e. The largest absolute Gasteiger partial charge is 0.465 e. The number of methoxy groups -OCH3 is 1. The van der Waals surface area contributed by atoms with Gasteiger partial charge < -0.3 is 20.3 Å². The van der Waals surface area contributed by atoms with Gasteiger partial charge in [0.25, 0.3) is 5.91 Å². The molecule has 0 radical (unpaired) electrons. The lowest BCUT2D eigenvalue weighted by atomic mass is 9.99. The lowest BCUT2D eigenvalue weighted by Gasteiger charge is -2.18. The Balaban J connectivity index is 1.67. The molecule has 2 N–H and O–H groups in total. The molecule has 6 nitrogen and oxygen atoms in total. The zero-order chi connectivity index (χ0) is 24.8. The Hall–Kier alpha value is -3.90. The van der Waals surface area contributed by atoms with E-state index in [0.29, 0.717) is 22.5 Å². The van der Waals surface area contributed by atoms with Gasteiger partial charge in [-0.3, -0.25) is 4.79 Å². The molecule has 0 saturated heterocycles. The highest BCUT2D eigenvalue weighted by Crippen LogP contribution is 2.38. The van der Waals surface area contributed by atoms with Crippen LogP contribution in [0.4, 0.5) is 11.4 Å². The molecule has 1 aliphatic heterocycles. The summed E-state index contributed by atoms with van der Waals surface area (Å²) in [6, 6.07) is 23.3. The van der Waals surface area contributed by atoms with E-state index in [1.165, 1.54) is 12.7 Å². The molecule has 0 bridgehead atoms. The van der Waals surface area contributed by atoms with Crippen LogP contribution in [0.15, 0.2) is 72.8 Å². The van der Waals surface area contributed by atoms with Crippen molar-refractivity contribution in [2.24, 2.45) is 0 Å². The summed E-state index contributed by atoms with van der Waals surface area (Å²) in [4.78, 5) is 27.5. The SMILES string of the molecule is CCN(CC)CCc1ccc(NC(=C2C(=O)Nc3cc(C(=O)OC)ccc32)c2ccccc2)cc1. The third kappa shape index (κ3) is 5.44. The molecule has 0 aliphatic carbocycles. The highest BCUT2D eigenvalue weighted by Gasteiger charge is 2.29. The smallest absolute Gasteiger partial charge is 0.337 e. The van der Waals surface area contributed by atoms with Crippen molar-refractivity contribution >= 4 is 34.5 Å². The van der Waals surface area contributed by atoms with Crippen LogP contribution in [0.3, 0.4) is 0 Å². The third-order valence-corrected chi connectivity index (χ3v) is 6.33. The molecule has 35 heavy (non-hydrogen) atoms. The lowest BCUT2D eigenvalue weighted by Crippen LogP contribution is -2.25. The predicted octanol–water partition coefficient (Wildman–Crippen LogP) is 5.29. The second-order valence-electron chi connectivity index (χ2n) is 8.42. The van der Waals surface area contributed by atoms with Crippen molar-refractivity contribution in [3.05, 3.63) is 95.1 Å². The van der Waals surface area contributed by atoms with E-state index in [2.05, 4.69) is 53.6 Å². The maximum absolute atomic E-state index is 13.1. The van der Waals surface area contributed by atoms with Gasteiger partial charge in [0.1, 0.15) is 0 Å². The molecule has 3 aromatic carbocycles. The molecule has 0 spiro atoms. The number of hydrogen-bond acceptors (Lipinski definition) is 5. The van der Waals surface area contributed by atoms with Crippen LogP contribution in [-0.2, 0) is 16.0 Å². The number of amides is 1. The van der Waals surface area contributed by atoms with Gasteiger partial charge in [0.05, 0.1) is 29.6 Å². The number of carbonyl (C=O) groups excluding carboxylic acids is 2. The van der Waals surface area contributed by atoms with Crippen LogP contribution in [0.2, 0.25) is 0 Å². The molecule has 0 unspecified atom stereocenters. The van der Waals surface area contributed by atoms with Crippen LogP contribution in [0, 0.1) is 0 Å². The summed E-state index contributed by atoms with van der Waals surface area (Å²) in [6.45, 7) is 7.50. The summed E-state index contributed by atoms with van der Waals surface area (Å²) in [5.41, 5.74) is 6.04. The van der Waals surface area contributed by atoms with Crippen LogP contribution < -0.4 is 10.6 Å². The zero-order valence-electron chi connectivity index (χ0n) is 20.4. The lowest BCUT2D eigenvalue weighted by molar-refractivity contribution is -0.110. The number of ether oxygens (including phenoxy) is 1. The molecule has 4 rings (SSSR count). The zero-order valence-corrected chi connectivity index (χ0v) is 20.4. The van der Waals surface area contributed by atoms with E-state index in [1.807, 2.05) is 30.3 Å². The van der Waals surface area contributed by atoms with Crippen LogP contribution >= 0.6 is 0 Å². The van der Waals surface area contributed by atoms with Crippen molar-refractivity contribution in [3.8, 4) is 0 Å². The molecule has 1 aliphatic rings. The summed E-state index contributed by atoms with van der Waals surface area (Å²) < 4.78 is 4.82. The molecule has 6 heteroatoms. The number of rotatable bonds is 9. The number of esters is 1. The summed E-state index contributed by atoms with van der Waals surface area (Å²) in [7, 11) is 1.34. The first-order valence-corrected chi connectivity index (χ1v) is 12.0. The normalized spacial score (nSPS) is 13.9. The molecule has 0 atom stereocenters. The van der Waals surface area contributed by atoms with Gasteiger partial charge in [-0.15, -0.1) is 0 Å². The molecule has 0 aromatic heterocycles. The first kappa shape index (κ1) is 24.2.